The van der Waals surface area contributed by atoms with Crippen LogP contribution in [0.4, 0.5) is 4.39 Å². The quantitative estimate of drug-likeness (QED) is 0.731. The maximum absolute atomic E-state index is 13.1. The minimum absolute atomic E-state index is 0.186. The molecule has 0 atom stereocenters. The third kappa shape index (κ3) is 2.73. The molecule has 22 heavy (non-hydrogen) atoms. The average molecular weight is 317 g/mol. The summed E-state index contributed by atoms with van der Waals surface area (Å²) in [4.78, 5) is 11.2. The van der Waals surface area contributed by atoms with Crippen molar-refractivity contribution in [3.8, 4) is 22.5 Å². The number of halogens is 2. The van der Waals surface area contributed by atoms with Crippen LogP contribution in [0.3, 0.4) is 0 Å². The van der Waals surface area contributed by atoms with E-state index in [1.54, 1.807) is 24.3 Å². The van der Waals surface area contributed by atoms with E-state index in [-0.39, 0.29) is 11.6 Å². The van der Waals surface area contributed by atoms with Crippen molar-refractivity contribution in [3.63, 3.8) is 0 Å². The predicted molar refractivity (Wildman–Crippen MR) is 81.5 cm³/mol. The van der Waals surface area contributed by atoms with Gasteiger partial charge in [0.05, 0.1) is 0 Å². The Balaban J connectivity index is 2.20. The molecule has 3 aromatic rings. The van der Waals surface area contributed by atoms with Gasteiger partial charge in [0.25, 0.3) is 0 Å². The maximum Gasteiger partial charge on any atom is 0.371 e. The summed E-state index contributed by atoms with van der Waals surface area (Å²) in [5.41, 5.74) is 1.90. The van der Waals surface area contributed by atoms with Gasteiger partial charge in [0.15, 0.2) is 0 Å². The Hall–Kier alpha value is -2.59. The zero-order chi connectivity index (χ0) is 15.7. The standard InChI is InChI=1S/C17H10ClFO3/c18-12-3-1-2-11(8-12)14-9-15(17(20)21)22-16(14)10-4-6-13(19)7-5-10/h1-9H,(H,20,21). The molecule has 0 fully saturated rings. The largest absolute Gasteiger partial charge is 0.475 e. The number of aromatic carboxylic acids is 1. The first-order chi connectivity index (χ1) is 10.5. The van der Waals surface area contributed by atoms with Crippen molar-refractivity contribution in [3.05, 3.63) is 71.2 Å². The molecule has 1 N–H and O–H groups in total. The molecule has 0 unspecified atom stereocenters. The Kier molecular flexibility index (Phi) is 3.69. The lowest BCUT2D eigenvalue weighted by atomic mass is 10.0. The van der Waals surface area contributed by atoms with E-state index in [0.717, 1.165) is 5.56 Å². The van der Waals surface area contributed by atoms with Gasteiger partial charge in [0.2, 0.25) is 5.76 Å². The van der Waals surface area contributed by atoms with Gasteiger partial charge in [-0.1, -0.05) is 23.7 Å². The number of benzene rings is 2. The van der Waals surface area contributed by atoms with Crippen LogP contribution in [0.2, 0.25) is 5.02 Å². The molecule has 0 spiro atoms. The van der Waals surface area contributed by atoms with E-state index in [1.807, 2.05) is 0 Å². The fourth-order valence-corrected chi connectivity index (χ4v) is 2.37. The van der Waals surface area contributed by atoms with Crippen molar-refractivity contribution >= 4 is 17.6 Å². The molecule has 2 aromatic carbocycles. The molecule has 5 heteroatoms. The Morgan fingerprint density at radius 3 is 2.41 bits per heavy atom. The SMILES string of the molecule is O=C(O)c1cc(-c2cccc(Cl)c2)c(-c2ccc(F)cc2)o1. The third-order valence-electron chi connectivity index (χ3n) is 3.18. The molecule has 1 aromatic heterocycles. The lowest BCUT2D eigenvalue weighted by molar-refractivity contribution is 0.0663. The van der Waals surface area contributed by atoms with Crippen LogP contribution in [-0.2, 0) is 0 Å². The molecule has 1 heterocycles. The highest BCUT2D eigenvalue weighted by molar-refractivity contribution is 6.30. The second-order valence-electron chi connectivity index (χ2n) is 4.68. The highest BCUT2D eigenvalue weighted by Crippen LogP contribution is 2.36. The van der Waals surface area contributed by atoms with Crippen LogP contribution in [0.5, 0.6) is 0 Å². The van der Waals surface area contributed by atoms with Gasteiger partial charge in [-0.2, -0.15) is 0 Å². The van der Waals surface area contributed by atoms with E-state index < -0.39 is 5.97 Å². The van der Waals surface area contributed by atoms with Crippen LogP contribution < -0.4 is 0 Å². The number of furan rings is 1. The van der Waals surface area contributed by atoms with Crippen molar-refractivity contribution in [2.75, 3.05) is 0 Å². The van der Waals surface area contributed by atoms with Crippen LogP contribution >= 0.6 is 11.6 Å². The summed E-state index contributed by atoms with van der Waals surface area (Å²) in [7, 11) is 0. The summed E-state index contributed by atoms with van der Waals surface area (Å²) in [6.45, 7) is 0. The minimum atomic E-state index is -1.17. The van der Waals surface area contributed by atoms with Gasteiger partial charge in [0, 0.05) is 16.1 Å². The van der Waals surface area contributed by atoms with Crippen LogP contribution in [0.15, 0.2) is 59.0 Å². The van der Waals surface area contributed by atoms with Crippen LogP contribution in [0.1, 0.15) is 10.6 Å². The van der Waals surface area contributed by atoms with Gasteiger partial charge >= 0.3 is 5.97 Å². The third-order valence-corrected chi connectivity index (χ3v) is 3.42. The molecular formula is C17H10ClFO3. The molecule has 0 aliphatic carbocycles. The lowest BCUT2D eigenvalue weighted by Gasteiger charge is -2.03. The van der Waals surface area contributed by atoms with Crippen molar-refractivity contribution < 1.29 is 18.7 Å². The molecule has 0 radical (unpaired) electrons. The maximum atomic E-state index is 13.1. The van der Waals surface area contributed by atoms with Crippen LogP contribution in [0, 0.1) is 5.82 Å². The van der Waals surface area contributed by atoms with E-state index in [0.29, 0.717) is 21.9 Å². The Morgan fingerprint density at radius 1 is 1.05 bits per heavy atom. The van der Waals surface area contributed by atoms with E-state index in [1.165, 1.54) is 30.3 Å². The van der Waals surface area contributed by atoms with E-state index >= 15 is 0 Å². The van der Waals surface area contributed by atoms with Gasteiger partial charge in [-0.3, -0.25) is 0 Å². The van der Waals surface area contributed by atoms with Crippen LogP contribution in [0.25, 0.3) is 22.5 Å². The second kappa shape index (κ2) is 5.66. The summed E-state index contributed by atoms with van der Waals surface area (Å²) in [6, 6.07) is 14.1. The van der Waals surface area contributed by atoms with Crippen molar-refractivity contribution in [1.82, 2.24) is 0 Å². The van der Waals surface area contributed by atoms with Gasteiger partial charge in [-0.25, -0.2) is 9.18 Å². The molecule has 0 bridgehead atoms. The molecule has 110 valence electrons. The van der Waals surface area contributed by atoms with Gasteiger partial charge in [-0.05, 0) is 48.0 Å². The number of carbonyl (C=O) groups is 1. The van der Waals surface area contributed by atoms with Crippen molar-refractivity contribution in [2.45, 2.75) is 0 Å². The first-order valence-electron chi connectivity index (χ1n) is 6.43. The highest BCUT2D eigenvalue weighted by Gasteiger charge is 2.18. The summed E-state index contributed by atoms with van der Waals surface area (Å²) in [5.74, 6) is -1.37. The summed E-state index contributed by atoms with van der Waals surface area (Å²) >= 11 is 5.99. The van der Waals surface area contributed by atoms with Gasteiger partial charge in [0.1, 0.15) is 11.6 Å². The zero-order valence-corrected chi connectivity index (χ0v) is 12.0. The fraction of sp³-hybridized carbons (Fsp3) is 0. The number of carboxylic acid groups (broad SMARTS) is 1. The molecule has 3 nitrogen and oxygen atoms in total. The number of hydrogen-bond acceptors (Lipinski definition) is 2. The molecule has 0 amide bonds. The van der Waals surface area contributed by atoms with Crippen LogP contribution in [-0.4, -0.2) is 11.1 Å². The van der Waals surface area contributed by atoms with Gasteiger partial charge in [-0.15, -0.1) is 0 Å². The molecule has 0 saturated heterocycles. The first kappa shape index (κ1) is 14.4. The molecule has 0 aliphatic rings. The Bertz CT molecular complexity index is 837. The molecular weight excluding hydrogens is 307 g/mol. The minimum Gasteiger partial charge on any atom is -0.475 e. The fourth-order valence-electron chi connectivity index (χ4n) is 2.18. The monoisotopic (exact) mass is 316 g/mol. The lowest BCUT2D eigenvalue weighted by Crippen LogP contribution is -1.91. The molecule has 0 saturated carbocycles. The van der Waals surface area contributed by atoms with Gasteiger partial charge < -0.3 is 9.52 Å². The average Bonchev–Trinajstić information content (AvgIpc) is 2.93. The van der Waals surface area contributed by atoms with E-state index in [4.69, 9.17) is 21.1 Å². The summed E-state index contributed by atoms with van der Waals surface area (Å²) in [6.07, 6.45) is 0. The molecule has 0 aliphatic heterocycles. The predicted octanol–water partition coefficient (Wildman–Crippen LogP) is 5.10. The zero-order valence-electron chi connectivity index (χ0n) is 11.2. The summed E-state index contributed by atoms with van der Waals surface area (Å²) in [5, 5.41) is 9.66. The first-order valence-corrected chi connectivity index (χ1v) is 6.81. The second-order valence-corrected chi connectivity index (χ2v) is 5.11. The molecule has 3 rings (SSSR count). The van der Waals surface area contributed by atoms with Crippen molar-refractivity contribution in [2.24, 2.45) is 0 Å². The number of carboxylic acids is 1. The normalized spacial score (nSPS) is 10.6. The van der Waals surface area contributed by atoms with Crippen molar-refractivity contribution in [1.29, 1.82) is 0 Å². The van der Waals surface area contributed by atoms with E-state index in [2.05, 4.69) is 0 Å². The number of hydrogen-bond donors (Lipinski definition) is 1. The topological polar surface area (TPSA) is 50.4 Å². The Labute approximate surface area is 130 Å². The van der Waals surface area contributed by atoms with E-state index in [9.17, 15) is 9.18 Å². The Morgan fingerprint density at radius 2 is 1.77 bits per heavy atom. The summed E-state index contributed by atoms with van der Waals surface area (Å²) < 4.78 is 18.5. The number of rotatable bonds is 3. The smallest absolute Gasteiger partial charge is 0.371 e. The highest BCUT2D eigenvalue weighted by atomic mass is 35.5.